The smallest absolute Gasteiger partial charge is 0.282 e. The summed E-state index contributed by atoms with van der Waals surface area (Å²) in [5.41, 5.74) is 0.961. The van der Waals surface area contributed by atoms with Crippen molar-refractivity contribution in [2.75, 3.05) is 5.32 Å². The van der Waals surface area contributed by atoms with E-state index < -0.39 is 10.8 Å². The molecule has 0 aliphatic rings. The number of aryl methyl sites for hydroxylation is 1. The Balaban J connectivity index is 1.81. The van der Waals surface area contributed by atoms with E-state index in [9.17, 15) is 19.7 Å². The number of amides is 1. The molecule has 4 aromatic rings. The number of nitrogens with zero attached hydrogens (tertiary/aromatic N) is 4. The Morgan fingerprint density at radius 3 is 2.72 bits per heavy atom. The van der Waals surface area contributed by atoms with Gasteiger partial charge >= 0.3 is 0 Å². The first kappa shape index (κ1) is 21.1. The molecule has 0 aliphatic heterocycles. The van der Waals surface area contributed by atoms with Gasteiger partial charge in [-0.15, -0.1) is 11.3 Å². The van der Waals surface area contributed by atoms with Gasteiger partial charge in [-0.3, -0.25) is 24.7 Å². The van der Waals surface area contributed by atoms with Crippen LogP contribution >= 0.6 is 11.3 Å². The van der Waals surface area contributed by atoms with Crippen LogP contribution in [0.2, 0.25) is 0 Å². The number of hydrogen-bond acceptors (Lipinski definition) is 7. The van der Waals surface area contributed by atoms with Gasteiger partial charge in [0, 0.05) is 23.4 Å². The second-order valence-electron chi connectivity index (χ2n) is 6.84. The van der Waals surface area contributed by atoms with E-state index in [0.29, 0.717) is 23.4 Å². The van der Waals surface area contributed by atoms with Crippen LogP contribution in [0.15, 0.2) is 52.6 Å². The number of nitro groups is 1. The van der Waals surface area contributed by atoms with Gasteiger partial charge in [-0.1, -0.05) is 25.1 Å². The van der Waals surface area contributed by atoms with E-state index in [-0.39, 0.29) is 28.6 Å². The molecule has 0 fully saturated rings. The van der Waals surface area contributed by atoms with E-state index in [4.69, 9.17) is 0 Å². The van der Waals surface area contributed by atoms with Crippen LogP contribution in [0.4, 0.5) is 11.5 Å². The summed E-state index contributed by atoms with van der Waals surface area (Å²) in [6.07, 6.45) is 0.523. The van der Waals surface area contributed by atoms with Crippen molar-refractivity contribution in [1.82, 2.24) is 19.7 Å². The maximum absolute atomic E-state index is 12.9. The van der Waals surface area contributed by atoms with E-state index in [1.807, 2.05) is 24.4 Å². The van der Waals surface area contributed by atoms with Gasteiger partial charge in [0.1, 0.15) is 17.1 Å². The number of aromatic nitrogens is 4. The lowest BCUT2D eigenvalue weighted by Gasteiger charge is -2.10. The first-order chi connectivity index (χ1) is 15.4. The second kappa shape index (κ2) is 8.55. The molecular formula is C21H18N6O4S. The Hall–Kier alpha value is -4.12. The second-order valence-corrected chi connectivity index (χ2v) is 7.79. The summed E-state index contributed by atoms with van der Waals surface area (Å²) < 4.78 is 1.32. The van der Waals surface area contributed by atoms with E-state index in [0.717, 1.165) is 4.88 Å². The quantitative estimate of drug-likeness (QED) is 0.339. The van der Waals surface area contributed by atoms with E-state index in [2.05, 4.69) is 20.4 Å². The maximum Gasteiger partial charge on any atom is 0.282 e. The molecule has 0 saturated heterocycles. The summed E-state index contributed by atoms with van der Waals surface area (Å²) in [5, 5.41) is 20.4. The highest BCUT2D eigenvalue weighted by Crippen LogP contribution is 2.28. The SMILES string of the molecule is CCc1c(C)nc(-n2nc(-c3cccs3)cc2NC(=O)c2ccccc2[N+](=O)[O-])[nH]c1=O. The summed E-state index contributed by atoms with van der Waals surface area (Å²) >= 11 is 1.46. The molecule has 1 amide bonds. The number of hydrogen-bond donors (Lipinski definition) is 2. The lowest BCUT2D eigenvalue weighted by atomic mass is 10.1. The van der Waals surface area contributed by atoms with Gasteiger partial charge in [-0.25, -0.2) is 4.98 Å². The number of nitrogens with one attached hydrogen (secondary N) is 2. The van der Waals surface area contributed by atoms with Crippen LogP contribution in [-0.2, 0) is 6.42 Å². The molecule has 0 atom stereocenters. The zero-order valence-electron chi connectivity index (χ0n) is 17.2. The predicted octanol–water partition coefficient (Wildman–Crippen LogP) is 3.72. The molecule has 162 valence electrons. The molecule has 0 radical (unpaired) electrons. The molecular weight excluding hydrogens is 432 g/mol. The third kappa shape index (κ3) is 3.93. The number of aromatic amines is 1. The summed E-state index contributed by atoms with van der Waals surface area (Å²) in [5.74, 6) is -0.339. The number of rotatable bonds is 6. The van der Waals surface area contributed by atoms with Crippen LogP contribution in [0.1, 0.15) is 28.5 Å². The topological polar surface area (TPSA) is 136 Å². The van der Waals surface area contributed by atoms with Crippen molar-refractivity contribution in [3.8, 4) is 16.5 Å². The van der Waals surface area contributed by atoms with E-state index in [1.54, 1.807) is 19.1 Å². The third-order valence-electron chi connectivity index (χ3n) is 4.83. The fourth-order valence-electron chi connectivity index (χ4n) is 3.30. The lowest BCUT2D eigenvalue weighted by molar-refractivity contribution is -0.385. The van der Waals surface area contributed by atoms with Crippen molar-refractivity contribution < 1.29 is 9.72 Å². The molecule has 10 nitrogen and oxygen atoms in total. The van der Waals surface area contributed by atoms with Gasteiger partial charge in [0.2, 0.25) is 5.95 Å². The van der Waals surface area contributed by atoms with Crippen LogP contribution < -0.4 is 10.9 Å². The average molecular weight is 450 g/mol. The van der Waals surface area contributed by atoms with Crippen LogP contribution in [0.3, 0.4) is 0 Å². The summed E-state index contributed by atoms with van der Waals surface area (Å²) in [6, 6.07) is 11.0. The van der Waals surface area contributed by atoms with Crippen molar-refractivity contribution in [2.24, 2.45) is 0 Å². The van der Waals surface area contributed by atoms with Crippen LogP contribution in [0.25, 0.3) is 16.5 Å². The van der Waals surface area contributed by atoms with Crippen molar-refractivity contribution in [3.05, 3.63) is 85.1 Å². The van der Waals surface area contributed by atoms with E-state index >= 15 is 0 Å². The highest BCUT2D eigenvalue weighted by atomic mass is 32.1. The minimum Gasteiger partial charge on any atom is -0.306 e. The fourth-order valence-corrected chi connectivity index (χ4v) is 3.98. The Bertz CT molecular complexity index is 1370. The van der Waals surface area contributed by atoms with Crippen molar-refractivity contribution >= 4 is 28.7 Å². The molecule has 0 unspecified atom stereocenters. The molecule has 0 bridgehead atoms. The first-order valence-electron chi connectivity index (χ1n) is 9.68. The maximum atomic E-state index is 12.9. The number of H-pyrrole nitrogens is 1. The van der Waals surface area contributed by atoms with Gasteiger partial charge in [0.25, 0.3) is 17.2 Å². The minimum absolute atomic E-state index is 0.0955. The minimum atomic E-state index is -0.680. The van der Waals surface area contributed by atoms with Crippen LogP contribution in [0, 0.1) is 17.0 Å². The predicted molar refractivity (Wildman–Crippen MR) is 120 cm³/mol. The zero-order valence-corrected chi connectivity index (χ0v) is 18.0. The molecule has 32 heavy (non-hydrogen) atoms. The number of anilines is 1. The Labute approximate surface area is 185 Å². The van der Waals surface area contributed by atoms with Gasteiger partial charge < -0.3 is 5.32 Å². The Morgan fingerprint density at radius 2 is 2.06 bits per heavy atom. The highest BCUT2D eigenvalue weighted by Gasteiger charge is 2.22. The van der Waals surface area contributed by atoms with Crippen molar-refractivity contribution in [2.45, 2.75) is 20.3 Å². The monoisotopic (exact) mass is 450 g/mol. The van der Waals surface area contributed by atoms with E-state index in [1.165, 1.54) is 34.2 Å². The molecule has 2 N–H and O–H groups in total. The van der Waals surface area contributed by atoms with Gasteiger partial charge in [0.05, 0.1) is 9.80 Å². The molecule has 4 rings (SSSR count). The summed E-state index contributed by atoms with van der Waals surface area (Å²) in [6.45, 7) is 3.59. The molecule has 0 aliphatic carbocycles. The van der Waals surface area contributed by atoms with Crippen LogP contribution in [0.5, 0.6) is 0 Å². The Morgan fingerprint density at radius 1 is 1.28 bits per heavy atom. The van der Waals surface area contributed by atoms with Gasteiger partial charge in [0.15, 0.2) is 0 Å². The number of nitro benzene ring substituents is 1. The molecule has 0 spiro atoms. The average Bonchev–Trinajstić information content (AvgIpc) is 3.43. The van der Waals surface area contributed by atoms with Crippen molar-refractivity contribution in [3.63, 3.8) is 0 Å². The number of para-hydroxylation sites is 1. The molecule has 11 heteroatoms. The lowest BCUT2D eigenvalue weighted by Crippen LogP contribution is -2.22. The fraction of sp³-hybridized carbons (Fsp3) is 0.143. The molecule has 0 saturated carbocycles. The number of carbonyl (C=O) groups is 1. The van der Waals surface area contributed by atoms with Crippen LogP contribution in [-0.4, -0.2) is 30.6 Å². The normalized spacial score (nSPS) is 10.8. The van der Waals surface area contributed by atoms with Gasteiger partial charge in [-0.05, 0) is 30.9 Å². The number of thiophene rings is 1. The molecule has 1 aromatic carbocycles. The first-order valence-corrected chi connectivity index (χ1v) is 10.6. The largest absolute Gasteiger partial charge is 0.306 e. The summed E-state index contributed by atoms with van der Waals surface area (Å²) in [7, 11) is 0. The number of carbonyl (C=O) groups excluding carboxylic acids is 1. The zero-order chi connectivity index (χ0) is 22.8. The molecule has 3 aromatic heterocycles. The highest BCUT2D eigenvalue weighted by molar-refractivity contribution is 7.13. The van der Waals surface area contributed by atoms with Crippen molar-refractivity contribution in [1.29, 1.82) is 0 Å². The summed E-state index contributed by atoms with van der Waals surface area (Å²) in [4.78, 5) is 44.1. The molecule has 3 heterocycles. The standard InChI is InChI=1S/C21H18N6O4S/c1-3-13-12(2)22-21(24-19(13)28)26-18(11-15(25-26)17-9-6-10-32-17)23-20(29)14-7-4-5-8-16(14)27(30)31/h4-11H,3H2,1-2H3,(H,23,29)(H,22,24,28). The Kier molecular flexibility index (Phi) is 5.65. The number of benzene rings is 1. The third-order valence-corrected chi connectivity index (χ3v) is 5.73. The van der Waals surface area contributed by atoms with Gasteiger partial charge in [-0.2, -0.15) is 9.78 Å².